The standard InChI is InChI=1S/C27H39N5O.HI/c1-21-5-4-6-26(22(21)2)31-15-17-32(18-16-31)27(28-3)29-19-23-7-9-24(10-8-23)20-30-13-11-25(33)12-14-30;/h4-10,25,33H,11-20H2,1-3H3,(H,28,29);1H. The molecule has 0 spiro atoms. The average molecular weight is 578 g/mol. The molecule has 7 heteroatoms. The number of hydrogen-bond acceptors (Lipinski definition) is 4. The van der Waals surface area contributed by atoms with E-state index in [0.717, 1.165) is 71.2 Å². The Balaban J connectivity index is 0.00000324. The van der Waals surface area contributed by atoms with Gasteiger partial charge in [0.25, 0.3) is 0 Å². The Labute approximate surface area is 222 Å². The Hall–Kier alpha value is -1.84. The fourth-order valence-electron chi connectivity index (χ4n) is 4.85. The van der Waals surface area contributed by atoms with Crippen LogP contribution in [0.25, 0.3) is 0 Å². The van der Waals surface area contributed by atoms with Crippen molar-refractivity contribution in [3.63, 3.8) is 0 Å². The number of aliphatic imine (C=N–C) groups is 1. The lowest BCUT2D eigenvalue weighted by atomic mass is 10.1. The SMILES string of the molecule is CN=C(NCc1ccc(CN2CCC(O)CC2)cc1)N1CCN(c2cccc(C)c2C)CC1.I. The van der Waals surface area contributed by atoms with Crippen LogP contribution in [0.3, 0.4) is 0 Å². The Kier molecular flexibility index (Phi) is 10.0. The molecule has 0 aliphatic carbocycles. The van der Waals surface area contributed by atoms with Crippen LogP contribution < -0.4 is 10.2 Å². The van der Waals surface area contributed by atoms with Crippen LogP contribution in [0, 0.1) is 13.8 Å². The van der Waals surface area contributed by atoms with Crippen LogP contribution in [0.1, 0.15) is 35.1 Å². The van der Waals surface area contributed by atoms with Gasteiger partial charge in [0.2, 0.25) is 0 Å². The van der Waals surface area contributed by atoms with Crippen LogP contribution in [-0.2, 0) is 13.1 Å². The molecular formula is C27H40IN5O. The molecule has 0 aromatic heterocycles. The third-order valence-corrected chi connectivity index (χ3v) is 7.14. The summed E-state index contributed by atoms with van der Waals surface area (Å²) in [6, 6.07) is 15.5. The first-order chi connectivity index (χ1) is 16.0. The lowest BCUT2D eigenvalue weighted by molar-refractivity contribution is 0.0792. The molecular weight excluding hydrogens is 537 g/mol. The Morgan fingerprint density at radius 2 is 1.59 bits per heavy atom. The van der Waals surface area contributed by atoms with Crippen LogP contribution in [0.5, 0.6) is 0 Å². The third-order valence-electron chi connectivity index (χ3n) is 7.14. The topological polar surface area (TPSA) is 54.3 Å². The lowest BCUT2D eigenvalue weighted by Crippen LogP contribution is -2.52. The molecule has 34 heavy (non-hydrogen) atoms. The molecule has 4 rings (SSSR count). The van der Waals surface area contributed by atoms with E-state index < -0.39 is 0 Å². The first-order valence-corrected chi connectivity index (χ1v) is 12.3. The van der Waals surface area contributed by atoms with E-state index in [-0.39, 0.29) is 30.1 Å². The Morgan fingerprint density at radius 1 is 0.941 bits per heavy atom. The number of rotatable bonds is 5. The van der Waals surface area contributed by atoms with Crippen molar-refractivity contribution in [1.29, 1.82) is 0 Å². The van der Waals surface area contributed by atoms with Crippen molar-refractivity contribution in [2.75, 3.05) is 51.2 Å². The summed E-state index contributed by atoms with van der Waals surface area (Å²) in [5.41, 5.74) is 6.70. The third kappa shape index (κ3) is 6.86. The Morgan fingerprint density at radius 3 is 2.24 bits per heavy atom. The number of aliphatic hydroxyl groups is 1. The highest BCUT2D eigenvalue weighted by Crippen LogP contribution is 2.24. The lowest BCUT2D eigenvalue weighted by Gasteiger charge is -2.38. The monoisotopic (exact) mass is 577 g/mol. The minimum absolute atomic E-state index is 0. The van der Waals surface area contributed by atoms with Crippen LogP contribution in [0.15, 0.2) is 47.5 Å². The number of guanidine groups is 1. The van der Waals surface area contributed by atoms with Crippen molar-refractivity contribution in [3.8, 4) is 0 Å². The van der Waals surface area contributed by atoms with E-state index in [4.69, 9.17) is 0 Å². The van der Waals surface area contributed by atoms with Crippen molar-refractivity contribution in [2.24, 2.45) is 4.99 Å². The minimum Gasteiger partial charge on any atom is -0.393 e. The number of halogens is 1. The van der Waals surface area contributed by atoms with Gasteiger partial charge >= 0.3 is 0 Å². The highest BCUT2D eigenvalue weighted by molar-refractivity contribution is 14.0. The van der Waals surface area contributed by atoms with Crippen LogP contribution >= 0.6 is 24.0 Å². The van der Waals surface area contributed by atoms with Gasteiger partial charge in [0.05, 0.1) is 6.10 Å². The molecule has 0 unspecified atom stereocenters. The number of benzene rings is 2. The van der Waals surface area contributed by atoms with Gasteiger partial charge in [-0.3, -0.25) is 9.89 Å². The molecule has 2 N–H and O–H groups in total. The van der Waals surface area contributed by atoms with E-state index in [1.54, 1.807) is 0 Å². The zero-order chi connectivity index (χ0) is 23.2. The van der Waals surface area contributed by atoms with Gasteiger partial charge in [0, 0.05) is 65.1 Å². The predicted molar refractivity (Wildman–Crippen MR) is 152 cm³/mol. The molecule has 0 saturated carbocycles. The fraction of sp³-hybridized carbons (Fsp3) is 0.519. The van der Waals surface area contributed by atoms with Gasteiger partial charge < -0.3 is 20.2 Å². The summed E-state index contributed by atoms with van der Waals surface area (Å²) >= 11 is 0. The fourth-order valence-corrected chi connectivity index (χ4v) is 4.85. The summed E-state index contributed by atoms with van der Waals surface area (Å²) < 4.78 is 0. The van der Waals surface area contributed by atoms with Crippen molar-refractivity contribution >= 4 is 35.6 Å². The maximum Gasteiger partial charge on any atom is 0.194 e. The normalized spacial score (nSPS) is 18.1. The van der Waals surface area contributed by atoms with Crippen LogP contribution in [0.2, 0.25) is 0 Å². The second-order valence-electron chi connectivity index (χ2n) is 9.42. The first kappa shape index (κ1) is 26.8. The van der Waals surface area contributed by atoms with Crippen molar-refractivity contribution in [2.45, 2.75) is 45.9 Å². The quantitative estimate of drug-likeness (QED) is 0.322. The van der Waals surface area contributed by atoms with Crippen molar-refractivity contribution in [3.05, 3.63) is 64.7 Å². The molecule has 2 fully saturated rings. The molecule has 2 aromatic carbocycles. The molecule has 2 aromatic rings. The predicted octanol–water partition coefficient (Wildman–Crippen LogP) is 3.78. The molecule has 2 aliphatic rings. The smallest absolute Gasteiger partial charge is 0.194 e. The van der Waals surface area contributed by atoms with Gasteiger partial charge in [-0.2, -0.15) is 0 Å². The van der Waals surface area contributed by atoms with E-state index in [1.807, 2.05) is 7.05 Å². The van der Waals surface area contributed by atoms with Gasteiger partial charge in [0.1, 0.15) is 0 Å². The number of nitrogens with zero attached hydrogens (tertiary/aromatic N) is 4. The summed E-state index contributed by atoms with van der Waals surface area (Å²) in [6.45, 7) is 12.1. The van der Waals surface area contributed by atoms with E-state index in [2.05, 4.69) is 81.3 Å². The highest BCUT2D eigenvalue weighted by atomic mass is 127. The van der Waals surface area contributed by atoms with Crippen LogP contribution in [-0.4, -0.2) is 73.3 Å². The molecule has 2 aliphatic heterocycles. The molecule has 6 nitrogen and oxygen atoms in total. The second kappa shape index (κ2) is 12.7. The highest BCUT2D eigenvalue weighted by Gasteiger charge is 2.21. The summed E-state index contributed by atoms with van der Waals surface area (Å²) in [7, 11) is 1.87. The molecule has 2 heterocycles. The van der Waals surface area contributed by atoms with E-state index in [9.17, 15) is 5.11 Å². The van der Waals surface area contributed by atoms with Gasteiger partial charge in [-0.25, -0.2) is 0 Å². The molecule has 2 saturated heterocycles. The first-order valence-electron chi connectivity index (χ1n) is 12.3. The van der Waals surface area contributed by atoms with Gasteiger partial charge in [-0.1, -0.05) is 36.4 Å². The van der Waals surface area contributed by atoms with E-state index in [0.29, 0.717) is 0 Å². The average Bonchev–Trinajstić information content (AvgIpc) is 2.84. The van der Waals surface area contributed by atoms with Gasteiger partial charge in [-0.15, -0.1) is 24.0 Å². The summed E-state index contributed by atoms with van der Waals surface area (Å²) in [4.78, 5) is 11.8. The van der Waals surface area contributed by atoms with Gasteiger partial charge in [-0.05, 0) is 55.0 Å². The number of aliphatic hydroxyl groups excluding tert-OH is 1. The summed E-state index contributed by atoms with van der Waals surface area (Å²) in [6.07, 6.45) is 1.67. The van der Waals surface area contributed by atoms with Gasteiger partial charge in [0.15, 0.2) is 5.96 Å². The molecule has 0 bridgehead atoms. The summed E-state index contributed by atoms with van der Waals surface area (Å²) in [5.74, 6) is 0.978. The zero-order valence-electron chi connectivity index (χ0n) is 20.8. The summed E-state index contributed by atoms with van der Waals surface area (Å²) in [5, 5.41) is 13.2. The zero-order valence-corrected chi connectivity index (χ0v) is 23.2. The number of nitrogens with one attached hydrogen (secondary N) is 1. The molecule has 186 valence electrons. The van der Waals surface area contributed by atoms with Crippen molar-refractivity contribution in [1.82, 2.24) is 15.1 Å². The Bertz CT molecular complexity index is 933. The number of piperidine rings is 1. The maximum atomic E-state index is 9.68. The minimum atomic E-state index is -0.112. The molecule has 0 atom stereocenters. The maximum absolute atomic E-state index is 9.68. The number of likely N-dealkylation sites (tertiary alicyclic amines) is 1. The molecule has 0 amide bonds. The number of aryl methyl sites for hydroxylation is 1. The second-order valence-corrected chi connectivity index (χ2v) is 9.42. The number of anilines is 1. The number of hydrogen-bond donors (Lipinski definition) is 2. The molecule has 0 radical (unpaired) electrons. The largest absolute Gasteiger partial charge is 0.393 e. The number of piperazine rings is 1. The van der Waals surface area contributed by atoms with Crippen molar-refractivity contribution < 1.29 is 5.11 Å². The van der Waals surface area contributed by atoms with Crippen LogP contribution in [0.4, 0.5) is 5.69 Å². The van der Waals surface area contributed by atoms with E-state index >= 15 is 0 Å². The van der Waals surface area contributed by atoms with E-state index in [1.165, 1.54) is 27.9 Å².